The van der Waals surface area contributed by atoms with Crippen LogP contribution < -0.4 is 10.6 Å². The van der Waals surface area contributed by atoms with Gasteiger partial charge in [-0.25, -0.2) is 4.98 Å². The number of nitrogens with zero attached hydrogens (tertiary/aromatic N) is 2. The quantitative estimate of drug-likeness (QED) is 0.348. The molecular formula is C20H29IN4O2S. The molecule has 0 amide bonds. The topological polar surface area (TPSA) is 79.5 Å². The van der Waals surface area contributed by atoms with Crippen molar-refractivity contribution in [1.29, 1.82) is 0 Å². The standard InChI is InChI=1S/C20H28N4O2S.HI/c1-3-27(25)18-11-7-10-16(12-18)24-20(21-2)22-13-17-14-26-19(23-17)15-8-5-4-6-9-15;/h4-6,8-9,14,16,18H,3,7,10-13H2,1-2H3,(H2,21,22,24);1H. The molecule has 0 aliphatic heterocycles. The highest BCUT2D eigenvalue weighted by Crippen LogP contribution is 2.23. The second-order valence-corrected chi connectivity index (χ2v) is 8.74. The molecule has 6 nitrogen and oxygen atoms in total. The van der Waals surface area contributed by atoms with Crippen molar-refractivity contribution in [3.05, 3.63) is 42.3 Å². The molecule has 1 aromatic carbocycles. The number of halogens is 1. The van der Waals surface area contributed by atoms with Gasteiger partial charge in [0.25, 0.3) is 0 Å². The minimum atomic E-state index is -0.723. The van der Waals surface area contributed by atoms with Crippen LogP contribution in [-0.4, -0.2) is 39.2 Å². The van der Waals surface area contributed by atoms with E-state index in [4.69, 9.17) is 4.42 Å². The van der Waals surface area contributed by atoms with Gasteiger partial charge in [0.15, 0.2) is 5.96 Å². The van der Waals surface area contributed by atoms with Gasteiger partial charge >= 0.3 is 0 Å². The Hall–Kier alpha value is -1.42. The summed E-state index contributed by atoms with van der Waals surface area (Å²) in [6.45, 7) is 2.53. The Morgan fingerprint density at radius 3 is 2.82 bits per heavy atom. The highest BCUT2D eigenvalue weighted by atomic mass is 127. The molecule has 8 heteroatoms. The monoisotopic (exact) mass is 516 g/mol. The lowest BCUT2D eigenvalue weighted by Crippen LogP contribution is -2.46. The zero-order chi connectivity index (χ0) is 19.1. The molecule has 1 aromatic heterocycles. The molecule has 1 fully saturated rings. The summed E-state index contributed by atoms with van der Waals surface area (Å²) < 4.78 is 17.7. The first-order valence-electron chi connectivity index (χ1n) is 9.53. The van der Waals surface area contributed by atoms with Gasteiger partial charge in [-0.2, -0.15) is 0 Å². The van der Waals surface area contributed by atoms with Crippen molar-refractivity contribution in [1.82, 2.24) is 15.6 Å². The van der Waals surface area contributed by atoms with Crippen LogP contribution >= 0.6 is 24.0 Å². The maximum Gasteiger partial charge on any atom is 0.226 e. The van der Waals surface area contributed by atoms with Crippen LogP contribution in [0.4, 0.5) is 0 Å². The van der Waals surface area contributed by atoms with Gasteiger partial charge in [-0.05, 0) is 31.4 Å². The average Bonchev–Trinajstić information content (AvgIpc) is 3.20. The molecule has 0 radical (unpaired) electrons. The zero-order valence-electron chi connectivity index (χ0n) is 16.4. The Morgan fingerprint density at radius 1 is 1.32 bits per heavy atom. The summed E-state index contributed by atoms with van der Waals surface area (Å²) in [4.78, 5) is 8.84. The van der Waals surface area contributed by atoms with Crippen molar-refractivity contribution in [2.24, 2.45) is 4.99 Å². The molecule has 1 saturated carbocycles. The fourth-order valence-electron chi connectivity index (χ4n) is 3.41. The second-order valence-electron chi connectivity index (χ2n) is 6.74. The van der Waals surface area contributed by atoms with E-state index in [2.05, 4.69) is 20.6 Å². The largest absolute Gasteiger partial charge is 0.444 e. The van der Waals surface area contributed by atoms with E-state index in [0.29, 0.717) is 23.7 Å². The summed E-state index contributed by atoms with van der Waals surface area (Å²) in [5.41, 5.74) is 1.79. The van der Waals surface area contributed by atoms with Gasteiger partial charge in [-0.3, -0.25) is 9.20 Å². The van der Waals surface area contributed by atoms with Gasteiger partial charge in [0, 0.05) is 40.5 Å². The molecule has 2 N–H and O–H groups in total. The number of guanidine groups is 1. The summed E-state index contributed by atoms with van der Waals surface area (Å²) in [5, 5.41) is 7.06. The Morgan fingerprint density at radius 2 is 2.11 bits per heavy atom. The van der Waals surface area contributed by atoms with Crippen LogP contribution in [0.5, 0.6) is 0 Å². The van der Waals surface area contributed by atoms with Crippen LogP contribution in [0.3, 0.4) is 0 Å². The minimum Gasteiger partial charge on any atom is -0.444 e. The zero-order valence-corrected chi connectivity index (χ0v) is 19.5. The summed E-state index contributed by atoms with van der Waals surface area (Å²) in [5.74, 6) is 2.10. The number of rotatable bonds is 6. The molecule has 0 spiro atoms. The molecule has 0 bridgehead atoms. The fourth-order valence-corrected chi connectivity index (χ4v) is 4.76. The SMILES string of the molecule is CCS(=O)C1CCCC(NC(=NC)NCc2coc(-c3ccccc3)n2)C1.I. The van der Waals surface area contributed by atoms with Crippen LogP contribution in [0, 0.1) is 0 Å². The van der Waals surface area contributed by atoms with Crippen molar-refractivity contribution < 1.29 is 8.63 Å². The first kappa shape index (κ1) is 22.9. The Kier molecular flexibility index (Phi) is 9.43. The third-order valence-electron chi connectivity index (χ3n) is 4.86. The molecular weight excluding hydrogens is 487 g/mol. The predicted molar refractivity (Wildman–Crippen MR) is 125 cm³/mol. The highest BCUT2D eigenvalue weighted by molar-refractivity contribution is 14.0. The highest BCUT2D eigenvalue weighted by Gasteiger charge is 2.26. The summed E-state index contributed by atoms with van der Waals surface area (Å²) >= 11 is 0. The van der Waals surface area contributed by atoms with Crippen LogP contribution in [0.15, 0.2) is 46.0 Å². The molecule has 28 heavy (non-hydrogen) atoms. The van der Waals surface area contributed by atoms with Gasteiger partial charge in [0.1, 0.15) is 6.26 Å². The van der Waals surface area contributed by atoms with Crippen molar-refractivity contribution >= 4 is 40.7 Å². The predicted octanol–water partition coefficient (Wildman–Crippen LogP) is 3.70. The molecule has 3 atom stereocenters. The first-order valence-corrected chi connectivity index (χ1v) is 10.9. The average molecular weight is 516 g/mol. The molecule has 1 aliphatic rings. The number of aliphatic imine (C=N–C) groups is 1. The maximum atomic E-state index is 12.1. The van der Waals surface area contributed by atoms with E-state index in [9.17, 15) is 4.21 Å². The lowest BCUT2D eigenvalue weighted by Gasteiger charge is -2.30. The smallest absolute Gasteiger partial charge is 0.226 e. The fraction of sp³-hybridized carbons (Fsp3) is 0.500. The van der Waals surface area contributed by atoms with Crippen LogP contribution in [0.2, 0.25) is 0 Å². The molecule has 0 saturated heterocycles. The first-order chi connectivity index (χ1) is 13.2. The van der Waals surface area contributed by atoms with Gasteiger partial charge in [-0.15, -0.1) is 24.0 Å². The third kappa shape index (κ3) is 6.30. The molecule has 154 valence electrons. The van der Waals surface area contributed by atoms with Crippen molar-refractivity contribution in [2.75, 3.05) is 12.8 Å². The third-order valence-corrected chi connectivity index (χ3v) is 6.60. The normalized spacial score (nSPS) is 20.9. The summed E-state index contributed by atoms with van der Waals surface area (Å²) in [6, 6.07) is 10.2. The minimum absolute atomic E-state index is 0. The maximum absolute atomic E-state index is 12.1. The molecule has 1 heterocycles. The lowest BCUT2D eigenvalue weighted by molar-refractivity contribution is 0.413. The summed E-state index contributed by atoms with van der Waals surface area (Å²) in [6.07, 6.45) is 5.85. The Balaban J connectivity index is 0.00000280. The van der Waals surface area contributed by atoms with Gasteiger partial charge < -0.3 is 15.1 Å². The number of hydrogen-bond donors (Lipinski definition) is 2. The van der Waals surface area contributed by atoms with E-state index >= 15 is 0 Å². The Bertz CT molecular complexity index is 782. The molecule has 2 aromatic rings. The van der Waals surface area contributed by atoms with E-state index in [0.717, 1.165) is 48.7 Å². The summed E-state index contributed by atoms with van der Waals surface area (Å²) in [7, 11) is 1.04. The van der Waals surface area contributed by atoms with E-state index < -0.39 is 10.8 Å². The van der Waals surface area contributed by atoms with E-state index in [-0.39, 0.29) is 24.0 Å². The second kappa shape index (κ2) is 11.5. The van der Waals surface area contributed by atoms with Gasteiger partial charge in [-0.1, -0.05) is 31.5 Å². The number of hydrogen-bond acceptors (Lipinski definition) is 4. The van der Waals surface area contributed by atoms with Gasteiger partial charge in [0.05, 0.1) is 12.2 Å². The van der Waals surface area contributed by atoms with Crippen molar-refractivity contribution in [3.8, 4) is 11.5 Å². The van der Waals surface area contributed by atoms with E-state index in [1.54, 1.807) is 13.3 Å². The van der Waals surface area contributed by atoms with Crippen molar-refractivity contribution in [2.45, 2.75) is 50.4 Å². The van der Waals surface area contributed by atoms with Gasteiger partial charge in [0.2, 0.25) is 5.89 Å². The molecule has 1 aliphatic carbocycles. The van der Waals surface area contributed by atoms with Crippen LogP contribution in [0.25, 0.3) is 11.5 Å². The Labute approximate surface area is 186 Å². The van der Waals surface area contributed by atoms with Crippen LogP contribution in [0.1, 0.15) is 38.3 Å². The number of benzene rings is 1. The van der Waals surface area contributed by atoms with E-state index in [1.807, 2.05) is 37.3 Å². The van der Waals surface area contributed by atoms with Crippen LogP contribution in [-0.2, 0) is 17.3 Å². The molecule has 3 unspecified atom stereocenters. The lowest BCUT2D eigenvalue weighted by atomic mass is 9.95. The van der Waals surface area contributed by atoms with Crippen molar-refractivity contribution in [3.63, 3.8) is 0 Å². The number of nitrogens with one attached hydrogen (secondary N) is 2. The number of aromatic nitrogens is 1. The van der Waals surface area contributed by atoms with E-state index in [1.165, 1.54) is 0 Å². The number of oxazole rings is 1. The molecule has 3 rings (SSSR count).